The highest BCUT2D eigenvalue weighted by Gasteiger charge is 2.15. The van der Waals surface area contributed by atoms with Crippen molar-refractivity contribution in [1.82, 2.24) is 14.5 Å². The number of aryl methyl sites for hydroxylation is 1. The summed E-state index contributed by atoms with van der Waals surface area (Å²) < 4.78 is 15.0. The minimum absolute atomic E-state index is 0.128. The average Bonchev–Trinajstić information content (AvgIpc) is 3.11. The van der Waals surface area contributed by atoms with Gasteiger partial charge in [-0.3, -0.25) is 9.78 Å². The van der Waals surface area contributed by atoms with Crippen LogP contribution in [0.5, 0.6) is 0 Å². The minimum atomic E-state index is -0.259. The molecule has 2 aromatic carbocycles. The first-order valence-electron chi connectivity index (χ1n) is 9.68. The smallest absolute Gasteiger partial charge is 0.244 e. The predicted octanol–water partition coefficient (Wildman–Crippen LogP) is 5.06. The number of nitrogens with one attached hydrogen (secondary N) is 1. The topological polar surface area (TPSA) is 59.8 Å². The maximum absolute atomic E-state index is 13.1. The first kappa shape index (κ1) is 20.1. The van der Waals surface area contributed by atoms with Crippen LogP contribution < -0.4 is 5.32 Å². The number of rotatable bonds is 7. The van der Waals surface area contributed by atoms with Crippen molar-refractivity contribution in [3.8, 4) is 0 Å². The monoisotopic (exact) mass is 420 g/mol. The van der Waals surface area contributed by atoms with Gasteiger partial charge in [0.15, 0.2) is 5.16 Å². The Hall–Kier alpha value is -3.19. The number of fused-ring (bicyclic) bond motifs is 1. The molecular formula is C23H21FN4OS. The molecule has 0 aliphatic carbocycles. The number of pyridine rings is 1. The van der Waals surface area contributed by atoms with Gasteiger partial charge in [0.2, 0.25) is 5.91 Å². The normalized spacial score (nSPS) is 11.0. The van der Waals surface area contributed by atoms with Gasteiger partial charge in [0.05, 0.1) is 17.2 Å². The molecule has 7 heteroatoms. The van der Waals surface area contributed by atoms with Crippen LogP contribution in [0.2, 0.25) is 0 Å². The van der Waals surface area contributed by atoms with Gasteiger partial charge in [0, 0.05) is 17.6 Å². The van der Waals surface area contributed by atoms with Crippen LogP contribution in [0, 0.1) is 5.82 Å². The number of amides is 1. The molecule has 0 fully saturated rings. The second kappa shape index (κ2) is 9.09. The number of hydrogen-bond acceptors (Lipinski definition) is 4. The van der Waals surface area contributed by atoms with Gasteiger partial charge in [-0.05, 0) is 47.9 Å². The molecule has 1 amide bonds. The number of carbonyl (C=O) groups is 1. The van der Waals surface area contributed by atoms with E-state index < -0.39 is 0 Å². The van der Waals surface area contributed by atoms with Gasteiger partial charge in [0.1, 0.15) is 12.4 Å². The minimum Gasteiger partial charge on any atom is -0.325 e. The third-order valence-electron chi connectivity index (χ3n) is 4.74. The van der Waals surface area contributed by atoms with Crippen LogP contribution >= 0.6 is 11.8 Å². The summed E-state index contributed by atoms with van der Waals surface area (Å²) in [5.41, 5.74) is 4.56. The molecule has 5 nitrogen and oxygen atoms in total. The van der Waals surface area contributed by atoms with Crippen LogP contribution in [0.1, 0.15) is 18.1 Å². The van der Waals surface area contributed by atoms with Crippen molar-refractivity contribution in [2.24, 2.45) is 0 Å². The molecule has 0 bridgehead atoms. The number of thioether (sulfide) groups is 1. The lowest BCUT2D eigenvalue weighted by atomic mass is 10.1. The maximum Gasteiger partial charge on any atom is 0.244 e. The van der Waals surface area contributed by atoms with E-state index in [0.29, 0.717) is 5.75 Å². The van der Waals surface area contributed by atoms with Crippen molar-refractivity contribution in [3.63, 3.8) is 0 Å². The molecule has 30 heavy (non-hydrogen) atoms. The highest BCUT2D eigenvalue weighted by Crippen LogP contribution is 2.26. The number of anilines is 1. The van der Waals surface area contributed by atoms with E-state index >= 15 is 0 Å². The van der Waals surface area contributed by atoms with Crippen molar-refractivity contribution in [2.75, 3.05) is 5.32 Å². The molecule has 1 N–H and O–H groups in total. The molecule has 0 unspecified atom stereocenters. The van der Waals surface area contributed by atoms with E-state index in [1.54, 1.807) is 24.5 Å². The number of aromatic nitrogens is 3. The van der Waals surface area contributed by atoms with Gasteiger partial charge in [-0.15, -0.1) is 0 Å². The first-order chi connectivity index (χ1) is 14.6. The van der Waals surface area contributed by atoms with E-state index in [1.807, 2.05) is 34.9 Å². The third kappa shape index (κ3) is 4.68. The first-order valence-corrected chi connectivity index (χ1v) is 10.7. The Labute approximate surface area is 178 Å². The van der Waals surface area contributed by atoms with Crippen LogP contribution in [0.25, 0.3) is 11.0 Å². The molecule has 0 saturated heterocycles. The standard InChI is InChI=1S/C23H21FN4OS/c1-2-16-5-9-19(10-6-16)26-22(29)14-28-21-13-25-12-11-20(21)27-23(28)30-15-17-3-7-18(24)8-4-17/h3-13H,2,14-15H2,1H3,(H,26,29). The highest BCUT2D eigenvalue weighted by atomic mass is 32.2. The van der Waals surface area contributed by atoms with E-state index in [-0.39, 0.29) is 18.3 Å². The lowest BCUT2D eigenvalue weighted by molar-refractivity contribution is -0.116. The number of nitrogens with zero attached hydrogens (tertiary/aromatic N) is 3. The Kier molecular flexibility index (Phi) is 6.09. The van der Waals surface area contributed by atoms with E-state index in [4.69, 9.17) is 0 Å². The summed E-state index contributed by atoms with van der Waals surface area (Å²) in [6.45, 7) is 2.22. The van der Waals surface area contributed by atoms with Crippen LogP contribution in [-0.4, -0.2) is 20.4 Å². The molecule has 0 atom stereocenters. The molecule has 0 aliphatic heterocycles. The third-order valence-corrected chi connectivity index (χ3v) is 5.79. The maximum atomic E-state index is 13.1. The Morgan fingerprint density at radius 3 is 2.53 bits per heavy atom. The Bertz CT molecular complexity index is 1160. The Morgan fingerprint density at radius 1 is 1.07 bits per heavy atom. The van der Waals surface area contributed by atoms with Crippen molar-refractivity contribution in [3.05, 3.63) is 83.9 Å². The summed E-state index contributed by atoms with van der Waals surface area (Å²) in [5.74, 6) is 0.230. The van der Waals surface area contributed by atoms with Gasteiger partial charge in [-0.1, -0.05) is 43.0 Å². The highest BCUT2D eigenvalue weighted by molar-refractivity contribution is 7.98. The summed E-state index contributed by atoms with van der Waals surface area (Å²) in [6.07, 6.45) is 4.36. The second-order valence-electron chi connectivity index (χ2n) is 6.86. The van der Waals surface area contributed by atoms with Gasteiger partial charge in [-0.2, -0.15) is 0 Å². The van der Waals surface area contributed by atoms with Crippen molar-refractivity contribution >= 4 is 34.4 Å². The second-order valence-corrected chi connectivity index (χ2v) is 7.80. The van der Waals surface area contributed by atoms with Crippen molar-refractivity contribution in [1.29, 1.82) is 0 Å². The van der Waals surface area contributed by atoms with Gasteiger partial charge in [-0.25, -0.2) is 9.37 Å². The summed E-state index contributed by atoms with van der Waals surface area (Å²) in [4.78, 5) is 21.6. The summed E-state index contributed by atoms with van der Waals surface area (Å²) >= 11 is 1.51. The van der Waals surface area contributed by atoms with Crippen LogP contribution in [-0.2, 0) is 23.5 Å². The average molecular weight is 421 g/mol. The fourth-order valence-corrected chi connectivity index (χ4v) is 4.08. The molecular weight excluding hydrogens is 399 g/mol. The number of halogens is 1. The predicted molar refractivity (Wildman–Crippen MR) is 118 cm³/mol. The van der Waals surface area contributed by atoms with Crippen LogP contribution in [0.4, 0.5) is 10.1 Å². The number of imidazole rings is 1. The molecule has 0 saturated carbocycles. The fourth-order valence-electron chi connectivity index (χ4n) is 3.11. The Morgan fingerprint density at radius 2 is 1.80 bits per heavy atom. The SMILES string of the molecule is CCc1ccc(NC(=O)Cn2c(SCc3ccc(F)cc3)nc3ccncc32)cc1. The molecule has 2 heterocycles. The van der Waals surface area contributed by atoms with Crippen molar-refractivity contribution < 1.29 is 9.18 Å². The quantitative estimate of drug-likeness (QED) is 0.425. The largest absolute Gasteiger partial charge is 0.325 e. The van der Waals surface area contributed by atoms with Crippen molar-refractivity contribution in [2.45, 2.75) is 30.8 Å². The zero-order chi connectivity index (χ0) is 20.9. The van der Waals surface area contributed by atoms with Gasteiger partial charge >= 0.3 is 0 Å². The molecule has 152 valence electrons. The molecule has 0 aliphatic rings. The number of hydrogen-bond donors (Lipinski definition) is 1. The van der Waals surface area contributed by atoms with Gasteiger partial charge < -0.3 is 9.88 Å². The lowest BCUT2D eigenvalue weighted by Crippen LogP contribution is -2.19. The van der Waals surface area contributed by atoms with E-state index in [9.17, 15) is 9.18 Å². The molecule has 0 spiro atoms. The fraction of sp³-hybridized carbons (Fsp3) is 0.174. The van der Waals surface area contributed by atoms with E-state index in [0.717, 1.165) is 33.9 Å². The zero-order valence-corrected chi connectivity index (χ0v) is 17.3. The van der Waals surface area contributed by atoms with E-state index in [2.05, 4.69) is 22.2 Å². The molecule has 0 radical (unpaired) electrons. The molecule has 2 aromatic heterocycles. The van der Waals surface area contributed by atoms with Crippen LogP contribution in [0.3, 0.4) is 0 Å². The summed E-state index contributed by atoms with van der Waals surface area (Å²) in [6, 6.07) is 16.1. The Balaban J connectivity index is 1.53. The van der Waals surface area contributed by atoms with E-state index in [1.165, 1.54) is 29.5 Å². The summed E-state index contributed by atoms with van der Waals surface area (Å²) in [5, 5.41) is 3.67. The molecule has 4 aromatic rings. The number of benzene rings is 2. The lowest BCUT2D eigenvalue weighted by Gasteiger charge is -2.10. The molecule has 4 rings (SSSR count). The number of carbonyl (C=O) groups excluding carboxylic acids is 1. The summed E-state index contributed by atoms with van der Waals surface area (Å²) in [7, 11) is 0. The van der Waals surface area contributed by atoms with Gasteiger partial charge in [0.25, 0.3) is 0 Å². The van der Waals surface area contributed by atoms with Crippen LogP contribution in [0.15, 0.2) is 72.1 Å². The zero-order valence-electron chi connectivity index (χ0n) is 16.5.